The minimum absolute atomic E-state index is 0.0344. The second kappa shape index (κ2) is 6.67. The number of rotatable bonds is 2. The lowest BCUT2D eigenvalue weighted by Crippen LogP contribution is -2.35. The van der Waals surface area contributed by atoms with Gasteiger partial charge < -0.3 is 0 Å². The molecule has 0 bridgehead atoms. The third-order valence-corrected chi connectivity index (χ3v) is 2.95. The highest BCUT2D eigenvalue weighted by molar-refractivity contribution is 6.36. The van der Waals surface area contributed by atoms with Crippen LogP contribution >= 0.6 is 23.2 Å². The Bertz CT molecular complexity index is 736. The van der Waals surface area contributed by atoms with Gasteiger partial charge in [0.2, 0.25) is 0 Å². The Balaban J connectivity index is 2.10. The number of anilines is 1. The minimum Gasteiger partial charge on any atom is -0.291 e. The van der Waals surface area contributed by atoms with Gasteiger partial charge in [0.05, 0.1) is 10.0 Å². The van der Waals surface area contributed by atoms with E-state index in [1.807, 2.05) is 0 Å². The first-order valence-electron chi connectivity index (χ1n) is 5.76. The van der Waals surface area contributed by atoms with Crippen LogP contribution in [0.1, 0.15) is 10.4 Å². The highest BCUT2D eigenvalue weighted by Gasteiger charge is 2.19. The van der Waals surface area contributed by atoms with E-state index < -0.39 is 29.1 Å². The van der Waals surface area contributed by atoms with Crippen molar-refractivity contribution in [3.8, 4) is 0 Å². The van der Waals surface area contributed by atoms with E-state index in [2.05, 4.69) is 10.3 Å². The smallest absolute Gasteiger partial charge is 0.291 e. The summed E-state index contributed by atoms with van der Waals surface area (Å²) in [6.07, 6.45) is 1.22. The maximum Gasteiger partial charge on any atom is 0.327 e. The normalized spacial score (nSPS) is 10.2. The van der Waals surface area contributed by atoms with E-state index >= 15 is 0 Å². The Hall–Kier alpha value is -2.25. The quantitative estimate of drug-likeness (QED) is 0.872. The molecule has 0 aliphatic heterocycles. The number of carbonyl (C=O) groups is 2. The van der Waals surface area contributed by atoms with Crippen molar-refractivity contribution in [1.29, 1.82) is 0 Å². The molecule has 3 amide bonds. The van der Waals surface area contributed by atoms with Crippen LogP contribution in [0.2, 0.25) is 10.0 Å². The lowest BCUT2D eigenvalue weighted by atomic mass is 10.2. The zero-order valence-electron chi connectivity index (χ0n) is 10.7. The van der Waals surface area contributed by atoms with E-state index in [1.54, 1.807) is 5.32 Å². The molecular weight excluding hydrogens is 339 g/mol. The SMILES string of the molecule is O=C(NC(=O)c1c(F)cccc1F)Nc1ncc(Cl)cc1Cl. The monoisotopic (exact) mass is 345 g/mol. The Kier molecular flexibility index (Phi) is 4.89. The van der Waals surface area contributed by atoms with Crippen LogP contribution < -0.4 is 10.6 Å². The number of imide groups is 1. The summed E-state index contributed by atoms with van der Waals surface area (Å²) in [5.41, 5.74) is -0.868. The molecule has 0 saturated carbocycles. The van der Waals surface area contributed by atoms with Gasteiger partial charge in [-0.15, -0.1) is 0 Å². The van der Waals surface area contributed by atoms with E-state index in [0.717, 1.165) is 18.2 Å². The van der Waals surface area contributed by atoms with Gasteiger partial charge in [0.25, 0.3) is 5.91 Å². The number of halogens is 4. The standard InChI is InChI=1S/C13H7Cl2F2N3O2/c14-6-4-7(15)11(18-5-6)19-13(22)20-12(21)10-8(16)2-1-3-9(10)17/h1-5H,(H2,18,19,20,21,22). The first-order valence-corrected chi connectivity index (χ1v) is 6.51. The number of urea groups is 1. The van der Waals surface area contributed by atoms with Gasteiger partial charge in [-0.2, -0.15) is 0 Å². The topological polar surface area (TPSA) is 71.1 Å². The number of aromatic nitrogens is 1. The summed E-state index contributed by atoms with van der Waals surface area (Å²) in [6, 6.07) is 3.16. The van der Waals surface area contributed by atoms with Crippen LogP contribution in [-0.2, 0) is 0 Å². The maximum absolute atomic E-state index is 13.4. The predicted molar refractivity (Wildman–Crippen MR) is 77.1 cm³/mol. The number of amides is 3. The molecule has 114 valence electrons. The highest BCUT2D eigenvalue weighted by Crippen LogP contribution is 2.22. The molecule has 0 spiro atoms. The average Bonchev–Trinajstić information content (AvgIpc) is 2.41. The molecule has 1 aromatic carbocycles. The van der Waals surface area contributed by atoms with Crippen LogP contribution in [0.4, 0.5) is 19.4 Å². The molecule has 0 aliphatic carbocycles. The summed E-state index contributed by atoms with van der Waals surface area (Å²) in [6.45, 7) is 0. The van der Waals surface area contributed by atoms with Gasteiger partial charge >= 0.3 is 6.03 Å². The van der Waals surface area contributed by atoms with Crippen LogP contribution in [0.5, 0.6) is 0 Å². The molecule has 0 radical (unpaired) electrons. The molecule has 0 unspecified atom stereocenters. The molecule has 0 saturated heterocycles. The van der Waals surface area contributed by atoms with E-state index in [9.17, 15) is 18.4 Å². The van der Waals surface area contributed by atoms with Crippen molar-refractivity contribution in [3.63, 3.8) is 0 Å². The number of nitrogens with one attached hydrogen (secondary N) is 2. The zero-order chi connectivity index (χ0) is 16.3. The molecule has 0 aliphatic rings. The van der Waals surface area contributed by atoms with Crippen LogP contribution in [0, 0.1) is 11.6 Å². The Morgan fingerprint density at radius 2 is 1.77 bits per heavy atom. The fourth-order valence-corrected chi connectivity index (χ4v) is 1.95. The number of nitrogens with zero attached hydrogens (tertiary/aromatic N) is 1. The number of hydrogen-bond acceptors (Lipinski definition) is 3. The largest absolute Gasteiger partial charge is 0.327 e. The van der Waals surface area contributed by atoms with Gasteiger partial charge in [-0.05, 0) is 18.2 Å². The number of benzene rings is 1. The molecule has 1 aromatic heterocycles. The van der Waals surface area contributed by atoms with Crippen molar-refractivity contribution >= 4 is 41.0 Å². The molecule has 5 nitrogen and oxygen atoms in total. The molecule has 2 rings (SSSR count). The van der Waals surface area contributed by atoms with Crippen LogP contribution in [0.3, 0.4) is 0 Å². The molecule has 2 aromatic rings. The van der Waals surface area contributed by atoms with Gasteiger partial charge in [0.1, 0.15) is 17.2 Å². The highest BCUT2D eigenvalue weighted by atomic mass is 35.5. The minimum atomic E-state index is -1.24. The molecular formula is C13H7Cl2F2N3O2. The first kappa shape index (κ1) is 16.1. The van der Waals surface area contributed by atoms with Crippen LogP contribution in [0.15, 0.2) is 30.5 Å². The van der Waals surface area contributed by atoms with Gasteiger partial charge in [0, 0.05) is 6.20 Å². The Morgan fingerprint density at radius 1 is 1.14 bits per heavy atom. The van der Waals surface area contributed by atoms with Gasteiger partial charge in [-0.3, -0.25) is 15.4 Å². The third kappa shape index (κ3) is 3.69. The predicted octanol–water partition coefficient (Wildman–Crippen LogP) is 3.63. The van der Waals surface area contributed by atoms with Gasteiger partial charge in [-0.1, -0.05) is 29.3 Å². The van der Waals surface area contributed by atoms with Crippen molar-refractivity contribution in [2.45, 2.75) is 0 Å². The zero-order valence-corrected chi connectivity index (χ0v) is 12.2. The summed E-state index contributed by atoms with van der Waals surface area (Å²) in [7, 11) is 0. The summed E-state index contributed by atoms with van der Waals surface area (Å²) in [5, 5.41) is 4.21. The lowest BCUT2D eigenvalue weighted by molar-refractivity contribution is 0.0959. The molecule has 22 heavy (non-hydrogen) atoms. The average molecular weight is 346 g/mol. The van der Waals surface area contributed by atoms with E-state index in [1.165, 1.54) is 12.3 Å². The maximum atomic E-state index is 13.4. The molecule has 1 heterocycles. The fourth-order valence-electron chi connectivity index (χ4n) is 1.53. The second-order valence-electron chi connectivity index (χ2n) is 3.99. The second-order valence-corrected chi connectivity index (χ2v) is 4.83. The van der Waals surface area contributed by atoms with Crippen molar-refractivity contribution in [3.05, 3.63) is 57.7 Å². The summed E-state index contributed by atoms with van der Waals surface area (Å²) in [5.74, 6) is -3.48. The Labute approximate surface area is 133 Å². The molecule has 0 atom stereocenters. The summed E-state index contributed by atoms with van der Waals surface area (Å²) >= 11 is 11.4. The number of hydrogen-bond donors (Lipinski definition) is 2. The third-order valence-electron chi connectivity index (χ3n) is 2.46. The number of carbonyl (C=O) groups excluding carboxylic acids is 2. The van der Waals surface area contributed by atoms with Crippen LogP contribution in [-0.4, -0.2) is 16.9 Å². The molecule has 9 heteroatoms. The number of pyridine rings is 1. The first-order chi connectivity index (χ1) is 10.4. The van der Waals surface area contributed by atoms with E-state index in [-0.39, 0.29) is 15.9 Å². The van der Waals surface area contributed by atoms with E-state index in [4.69, 9.17) is 23.2 Å². The molecule has 0 fully saturated rings. The van der Waals surface area contributed by atoms with Gasteiger partial charge in [-0.25, -0.2) is 18.6 Å². The van der Waals surface area contributed by atoms with Crippen molar-refractivity contribution < 1.29 is 18.4 Å². The van der Waals surface area contributed by atoms with Crippen molar-refractivity contribution in [1.82, 2.24) is 10.3 Å². The van der Waals surface area contributed by atoms with Gasteiger partial charge in [0.15, 0.2) is 5.82 Å². The Morgan fingerprint density at radius 3 is 2.36 bits per heavy atom. The van der Waals surface area contributed by atoms with E-state index in [0.29, 0.717) is 0 Å². The van der Waals surface area contributed by atoms with Crippen LogP contribution in [0.25, 0.3) is 0 Å². The summed E-state index contributed by atoms with van der Waals surface area (Å²) in [4.78, 5) is 27.1. The lowest BCUT2D eigenvalue weighted by Gasteiger charge is -2.08. The fraction of sp³-hybridized carbons (Fsp3) is 0. The summed E-state index contributed by atoms with van der Waals surface area (Å²) < 4.78 is 26.8. The van der Waals surface area contributed by atoms with Crippen molar-refractivity contribution in [2.24, 2.45) is 0 Å². The van der Waals surface area contributed by atoms with Crippen molar-refractivity contribution in [2.75, 3.05) is 5.32 Å². The molecule has 2 N–H and O–H groups in total.